The van der Waals surface area contributed by atoms with Gasteiger partial charge in [0.1, 0.15) is 11.6 Å². The molecule has 0 bridgehead atoms. The van der Waals surface area contributed by atoms with Crippen LogP contribution in [-0.4, -0.2) is 42.4 Å². The molecule has 0 unspecified atom stereocenters. The normalized spacial score (nSPS) is 13.1. The monoisotopic (exact) mass is 445 g/mol. The lowest BCUT2D eigenvalue weighted by Crippen LogP contribution is -2.37. The fraction of sp³-hybridized carbons (Fsp3) is 0.364. The number of halogens is 2. The van der Waals surface area contributed by atoms with E-state index in [1.165, 1.54) is 6.07 Å². The minimum Gasteiger partial charge on any atom is -0.454 e. The zero-order valence-electron chi connectivity index (χ0n) is 17.7. The van der Waals surface area contributed by atoms with E-state index in [-0.39, 0.29) is 19.1 Å². The first-order valence-corrected chi connectivity index (χ1v) is 10.5. The smallest absolute Gasteiger partial charge is 0.387 e. The number of aliphatic imine (C=N–C) groups is 1. The van der Waals surface area contributed by atoms with Gasteiger partial charge < -0.3 is 29.8 Å². The number of ether oxygens (including phenoxy) is 3. The first-order chi connectivity index (χ1) is 15.6. The van der Waals surface area contributed by atoms with Crippen molar-refractivity contribution in [1.29, 1.82) is 0 Å². The van der Waals surface area contributed by atoms with Crippen LogP contribution in [0.25, 0.3) is 11.0 Å². The fourth-order valence-electron chi connectivity index (χ4n) is 3.39. The number of guanidine groups is 1. The average Bonchev–Trinajstić information content (AvgIpc) is 3.40. The van der Waals surface area contributed by atoms with E-state index in [2.05, 4.69) is 30.3 Å². The summed E-state index contributed by atoms with van der Waals surface area (Å²) in [6.07, 6.45) is 1.63. The summed E-state index contributed by atoms with van der Waals surface area (Å²) in [4.78, 5) is 12.4. The molecule has 170 valence electrons. The van der Waals surface area contributed by atoms with Crippen molar-refractivity contribution in [3.8, 4) is 17.2 Å². The van der Waals surface area contributed by atoms with Gasteiger partial charge in [-0.1, -0.05) is 12.1 Å². The van der Waals surface area contributed by atoms with Crippen LogP contribution in [0.3, 0.4) is 0 Å². The van der Waals surface area contributed by atoms with Gasteiger partial charge in [0.25, 0.3) is 0 Å². The van der Waals surface area contributed by atoms with E-state index in [9.17, 15) is 8.78 Å². The average molecular weight is 445 g/mol. The van der Waals surface area contributed by atoms with E-state index < -0.39 is 6.61 Å². The molecule has 0 atom stereocenters. The predicted octanol–water partition coefficient (Wildman–Crippen LogP) is 3.58. The molecule has 0 radical (unpaired) electrons. The largest absolute Gasteiger partial charge is 0.454 e. The summed E-state index contributed by atoms with van der Waals surface area (Å²) in [5.41, 5.74) is 2.46. The number of alkyl halides is 2. The van der Waals surface area contributed by atoms with Crippen molar-refractivity contribution < 1.29 is 23.0 Å². The van der Waals surface area contributed by atoms with Crippen molar-refractivity contribution >= 4 is 17.0 Å². The van der Waals surface area contributed by atoms with Gasteiger partial charge in [0, 0.05) is 31.1 Å². The van der Waals surface area contributed by atoms with Crippen LogP contribution < -0.4 is 24.8 Å². The number of H-pyrrole nitrogens is 1. The molecular weight excluding hydrogens is 420 g/mol. The van der Waals surface area contributed by atoms with Gasteiger partial charge in [-0.2, -0.15) is 8.78 Å². The molecule has 1 aliphatic rings. The first kappa shape index (κ1) is 21.7. The molecule has 0 spiro atoms. The standard InChI is InChI=1S/C22H25F2N5O3/c1-2-25-22(26-9-5-8-20-28-15-6-3-4-7-16(15)29-20)27-12-14-10-18-19(31-13-30-18)11-17(14)32-21(23)24/h3-4,6-7,10-11,21H,2,5,8-9,12-13H2,1H3,(H,28,29)(H2,25,26,27). The molecule has 4 rings (SSSR count). The number of aromatic nitrogens is 2. The summed E-state index contributed by atoms with van der Waals surface area (Å²) in [7, 11) is 0. The minimum atomic E-state index is -2.94. The number of hydrogen-bond donors (Lipinski definition) is 3. The van der Waals surface area contributed by atoms with Crippen molar-refractivity contribution in [3.63, 3.8) is 0 Å². The van der Waals surface area contributed by atoms with Gasteiger partial charge in [0.15, 0.2) is 17.5 Å². The topological polar surface area (TPSA) is 92.8 Å². The molecule has 3 aromatic rings. The molecular formula is C22H25F2N5O3. The van der Waals surface area contributed by atoms with Gasteiger partial charge in [-0.3, -0.25) is 0 Å². The number of aryl methyl sites for hydroxylation is 1. The molecule has 32 heavy (non-hydrogen) atoms. The molecule has 1 aliphatic heterocycles. The Morgan fingerprint density at radius 1 is 1.22 bits per heavy atom. The molecule has 0 amide bonds. The van der Waals surface area contributed by atoms with Crippen molar-refractivity contribution in [1.82, 2.24) is 20.6 Å². The highest BCUT2D eigenvalue weighted by molar-refractivity contribution is 5.79. The number of imidazole rings is 1. The Bertz CT molecular complexity index is 1050. The van der Waals surface area contributed by atoms with Gasteiger partial charge in [-0.25, -0.2) is 9.98 Å². The minimum absolute atomic E-state index is 0.0220. The van der Waals surface area contributed by atoms with Gasteiger partial charge in [0.2, 0.25) is 6.79 Å². The molecule has 8 nitrogen and oxygen atoms in total. The van der Waals surface area contributed by atoms with Crippen molar-refractivity contribution in [2.75, 3.05) is 19.9 Å². The van der Waals surface area contributed by atoms with Gasteiger partial charge in [-0.15, -0.1) is 0 Å². The molecule has 1 aromatic heterocycles. The number of fused-ring (bicyclic) bond motifs is 2. The zero-order valence-corrected chi connectivity index (χ0v) is 17.7. The van der Waals surface area contributed by atoms with E-state index in [0.717, 1.165) is 29.7 Å². The molecule has 0 saturated heterocycles. The Balaban J connectivity index is 1.36. The summed E-state index contributed by atoms with van der Waals surface area (Å²) in [5, 5.41) is 6.42. The second-order valence-corrected chi connectivity index (χ2v) is 7.12. The number of aromatic amines is 1. The quantitative estimate of drug-likeness (QED) is 0.265. The van der Waals surface area contributed by atoms with Crippen LogP contribution in [0.2, 0.25) is 0 Å². The lowest BCUT2D eigenvalue weighted by atomic mass is 10.1. The number of benzene rings is 2. The third-order valence-electron chi connectivity index (χ3n) is 4.84. The summed E-state index contributed by atoms with van der Waals surface area (Å²) >= 11 is 0. The fourth-order valence-corrected chi connectivity index (χ4v) is 3.39. The summed E-state index contributed by atoms with van der Waals surface area (Å²) in [5.74, 6) is 2.40. The van der Waals surface area contributed by atoms with Crippen LogP contribution >= 0.6 is 0 Å². The Labute approximate surface area is 184 Å². The van der Waals surface area contributed by atoms with E-state index in [4.69, 9.17) is 9.47 Å². The summed E-state index contributed by atoms with van der Waals surface area (Å²) < 4.78 is 40.9. The van der Waals surface area contributed by atoms with E-state index >= 15 is 0 Å². The van der Waals surface area contributed by atoms with Gasteiger partial charge >= 0.3 is 6.61 Å². The second-order valence-electron chi connectivity index (χ2n) is 7.12. The number of nitrogens with zero attached hydrogens (tertiary/aromatic N) is 2. The van der Waals surface area contributed by atoms with Crippen LogP contribution in [0, 0.1) is 0 Å². The van der Waals surface area contributed by atoms with Crippen molar-refractivity contribution in [2.45, 2.75) is 32.9 Å². The van der Waals surface area contributed by atoms with E-state index in [1.54, 1.807) is 6.07 Å². The van der Waals surface area contributed by atoms with E-state index in [1.807, 2.05) is 31.2 Å². The van der Waals surface area contributed by atoms with Crippen molar-refractivity contribution in [3.05, 3.63) is 47.8 Å². The van der Waals surface area contributed by atoms with E-state index in [0.29, 0.717) is 36.1 Å². The molecule has 2 heterocycles. The number of hydrogen-bond acceptors (Lipinski definition) is 5. The Hall–Kier alpha value is -3.56. The number of nitrogens with one attached hydrogen (secondary N) is 3. The SMILES string of the molecule is CCNC(=NCc1cc2c(cc1OC(F)F)OCO2)NCCCc1nc2ccccc2[nH]1. The Morgan fingerprint density at radius 2 is 2.03 bits per heavy atom. The Kier molecular flexibility index (Phi) is 6.88. The predicted molar refractivity (Wildman–Crippen MR) is 116 cm³/mol. The van der Waals surface area contributed by atoms with Gasteiger partial charge in [-0.05, 0) is 31.5 Å². The zero-order chi connectivity index (χ0) is 22.3. The second kappa shape index (κ2) is 10.2. The highest BCUT2D eigenvalue weighted by Gasteiger charge is 2.20. The molecule has 10 heteroatoms. The summed E-state index contributed by atoms with van der Waals surface area (Å²) in [6, 6.07) is 10.9. The highest BCUT2D eigenvalue weighted by atomic mass is 19.3. The van der Waals surface area contributed by atoms with Crippen molar-refractivity contribution in [2.24, 2.45) is 4.99 Å². The van der Waals surface area contributed by atoms with Crippen LogP contribution in [0.5, 0.6) is 17.2 Å². The lowest BCUT2D eigenvalue weighted by Gasteiger charge is -2.13. The van der Waals surface area contributed by atoms with Crippen LogP contribution in [0.15, 0.2) is 41.4 Å². The first-order valence-electron chi connectivity index (χ1n) is 10.5. The number of para-hydroxylation sites is 2. The van der Waals surface area contributed by atoms with Crippen LogP contribution in [-0.2, 0) is 13.0 Å². The number of rotatable bonds is 9. The third-order valence-corrected chi connectivity index (χ3v) is 4.84. The summed E-state index contributed by atoms with van der Waals surface area (Å²) in [6.45, 7) is 0.532. The third kappa shape index (κ3) is 5.37. The molecule has 3 N–H and O–H groups in total. The highest BCUT2D eigenvalue weighted by Crippen LogP contribution is 2.39. The van der Waals surface area contributed by atoms with Crippen LogP contribution in [0.1, 0.15) is 24.7 Å². The molecule has 0 saturated carbocycles. The molecule has 0 aliphatic carbocycles. The Morgan fingerprint density at radius 3 is 2.81 bits per heavy atom. The van der Waals surface area contributed by atoms with Gasteiger partial charge in [0.05, 0.1) is 17.6 Å². The maximum Gasteiger partial charge on any atom is 0.387 e. The molecule has 2 aromatic carbocycles. The maximum absolute atomic E-state index is 12.8. The maximum atomic E-state index is 12.8. The lowest BCUT2D eigenvalue weighted by molar-refractivity contribution is -0.0505. The molecule has 0 fully saturated rings. The van der Waals surface area contributed by atoms with Crippen LogP contribution in [0.4, 0.5) is 8.78 Å².